The SMILES string of the molecule is Cc1ccc(Nc2nc(N)nc(COC(=O)c3cccc(Br)c3)n2)cc1. The van der Waals surface area contributed by atoms with Crippen molar-refractivity contribution < 1.29 is 9.53 Å². The minimum atomic E-state index is -0.474. The first kappa shape index (κ1) is 17.8. The fourth-order valence-electron chi connectivity index (χ4n) is 2.15. The molecule has 3 rings (SSSR count). The van der Waals surface area contributed by atoms with E-state index in [-0.39, 0.29) is 24.3 Å². The predicted octanol–water partition coefficient (Wildman–Crippen LogP) is 3.63. The molecule has 7 nitrogen and oxygen atoms in total. The maximum Gasteiger partial charge on any atom is 0.338 e. The van der Waals surface area contributed by atoms with Crippen LogP contribution in [0.5, 0.6) is 0 Å². The smallest absolute Gasteiger partial charge is 0.338 e. The first-order chi connectivity index (χ1) is 12.5. The summed E-state index contributed by atoms with van der Waals surface area (Å²) in [7, 11) is 0. The van der Waals surface area contributed by atoms with Crippen molar-refractivity contribution in [2.24, 2.45) is 0 Å². The summed E-state index contributed by atoms with van der Waals surface area (Å²) < 4.78 is 6.04. The van der Waals surface area contributed by atoms with Crippen LogP contribution in [0.4, 0.5) is 17.6 Å². The van der Waals surface area contributed by atoms with E-state index in [0.29, 0.717) is 5.56 Å². The molecular weight excluding hydrogens is 398 g/mol. The third-order valence-electron chi connectivity index (χ3n) is 3.40. The molecule has 1 heterocycles. The van der Waals surface area contributed by atoms with Crippen LogP contribution < -0.4 is 11.1 Å². The molecule has 0 saturated heterocycles. The lowest BCUT2D eigenvalue weighted by Gasteiger charge is -2.08. The Morgan fingerprint density at radius 2 is 1.92 bits per heavy atom. The van der Waals surface area contributed by atoms with Crippen molar-refractivity contribution in [1.29, 1.82) is 0 Å². The molecule has 0 atom stereocenters. The number of ether oxygens (including phenoxy) is 1. The molecule has 0 radical (unpaired) electrons. The molecule has 0 saturated carbocycles. The van der Waals surface area contributed by atoms with E-state index >= 15 is 0 Å². The molecule has 0 amide bonds. The average Bonchev–Trinajstić information content (AvgIpc) is 2.61. The van der Waals surface area contributed by atoms with Gasteiger partial charge in [0, 0.05) is 10.2 Å². The lowest BCUT2D eigenvalue weighted by atomic mass is 10.2. The summed E-state index contributed by atoms with van der Waals surface area (Å²) in [4.78, 5) is 24.4. The molecule has 0 aliphatic rings. The Balaban J connectivity index is 1.69. The Bertz CT molecular complexity index is 931. The number of nitrogens with zero attached hydrogens (tertiary/aromatic N) is 3. The number of hydrogen-bond donors (Lipinski definition) is 2. The molecule has 3 aromatic rings. The summed E-state index contributed by atoms with van der Waals surface area (Å²) in [5.74, 6) is 0.117. The Labute approximate surface area is 158 Å². The fraction of sp³-hybridized carbons (Fsp3) is 0.111. The standard InChI is InChI=1S/C18H16BrN5O2/c1-11-5-7-14(8-6-11)21-18-23-15(22-17(20)24-18)10-26-16(25)12-3-2-4-13(19)9-12/h2-9H,10H2,1H3,(H3,20,21,22,23,24). The summed E-state index contributed by atoms with van der Waals surface area (Å²) in [6.07, 6.45) is 0. The number of nitrogens with one attached hydrogen (secondary N) is 1. The number of nitrogen functional groups attached to an aromatic ring is 1. The van der Waals surface area contributed by atoms with E-state index < -0.39 is 5.97 Å². The van der Waals surface area contributed by atoms with Crippen molar-refractivity contribution in [1.82, 2.24) is 15.0 Å². The third-order valence-corrected chi connectivity index (χ3v) is 3.89. The maximum absolute atomic E-state index is 12.1. The molecule has 26 heavy (non-hydrogen) atoms. The number of benzene rings is 2. The number of aryl methyl sites for hydroxylation is 1. The normalized spacial score (nSPS) is 10.4. The molecule has 3 N–H and O–H groups in total. The van der Waals surface area contributed by atoms with Crippen LogP contribution in [0.1, 0.15) is 21.7 Å². The van der Waals surface area contributed by atoms with Crippen LogP contribution in [-0.2, 0) is 11.3 Å². The van der Waals surface area contributed by atoms with Gasteiger partial charge in [0.25, 0.3) is 0 Å². The van der Waals surface area contributed by atoms with Crippen LogP contribution in [0.2, 0.25) is 0 Å². The Hall–Kier alpha value is -3.00. The van der Waals surface area contributed by atoms with Crippen LogP contribution >= 0.6 is 15.9 Å². The highest BCUT2D eigenvalue weighted by Gasteiger charge is 2.11. The van der Waals surface area contributed by atoms with Crippen molar-refractivity contribution in [3.8, 4) is 0 Å². The molecule has 2 aromatic carbocycles. The second-order valence-electron chi connectivity index (χ2n) is 5.51. The summed E-state index contributed by atoms with van der Waals surface area (Å²) in [5.41, 5.74) is 8.12. The summed E-state index contributed by atoms with van der Waals surface area (Å²) >= 11 is 3.32. The monoisotopic (exact) mass is 413 g/mol. The zero-order valence-electron chi connectivity index (χ0n) is 13.9. The van der Waals surface area contributed by atoms with E-state index in [9.17, 15) is 4.79 Å². The molecule has 0 aliphatic carbocycles. The van der Waals surface area contributed by atoms with Crippen molar-refractivity contribution in [3.05, 3.63) is 70.0 Å². The summed E-state index contributed by atoms with van der Waals surface area (Å²) in [6.45, 7) is 1.89. The molecular formula is C18H16BrN5O2. The van der Waals surface area contributed by atoms with Gasteiger partial charge in [-0.2, -0.15) is 15.0 Å². The van der Waals surface area contributed by atoms with Gasteiger partial charge in [-0.1, -0.05) is 39.7 Å². The molecule has 0 unspecified atom stereocenters. The number of hydrogen-bond acceptors (Lipinski definition) is 7. The van der Waals surface area contributed by atoms with E-state index in [4.69, 9.17) is 10.5 Å². The van der Waals surface area contributed by atoms with Gasteiger partial charge in [0.15, 0.2) is 12.4 Å². The number of halogens is 1. The lowest BCUT2D eigenvalue weighted by molar-refractivity contribution is 0.0462. The number of nitrogens with two attached hydrogens (primary N) is 1. The Kier molecular flexibility index (Phi) is 5.43. The number of carbonyl (C=O) groups excluding carboxylic acids is 1. The zero-order valence-corrected chi connectivity index (χ0v) is 15.5. The maximum atomic E-state index is 12.1. The van der Waals surface area contributed by atoms with Crippen molar-refractivity contribution in [3.63, 3.8) is 0 Å². The first-order valence-corrected chi connectivity index (χ1v) is 8.56. The van der Waals surface area contributed by atoms with E-state index in [2.05, 4.69) is 36.2 Å². The number of aromatic nitrogens is 3. The minimum Gasteiger partial charge on any atom is -0.454 e. The third kappa shape index (κ3) is 4.76. The van der Waals surface area contributed by atoms with Gasteiger partial charge >= 0.3 is 5.97 Å². The largest absolute Gasteiger partial charge is 0.454 e. The van der Waals surface area contributed by atoms with E-state index in [1.54, 1.807) is 18.2 Å². The highest BCUT2D eigenvalue weighted by atomic mass is 79.9. The lowest BCUT2D eigenvalue weighted by Crippen LogP contribution is -2.11. The molecule has 1 aromatic heterocycles. The van der Waals surface area contributed by atoms with Crippen LogP contribution in [0.25, 0.3) is 0 Å². The quantitative estimate of drug-likeness (QED) is 0.615. The first-order valence-electron chi connectivity index (χ1n) is 7.76. The van der Waals surface area contributed by atoms with Gasteiger partial charge in [0.2, 0.25) is 11.9 Å². The molecule has 0 aliphatic heterocycles. The number of esters is 1. The molecule has 0 bridgehead atoms. The van der Waals surface area contributed by atoms with Gasteiger partial charge < -0.3 is 15.8 Å². The van der Waals surface area contributed by atoms with Crippen molar-refractivity contribution >= 4 is 39.5 Å². The summed E-state index contributed by atoms with van der Waals surface area (Å²) in [6, 6.07) is 14.7. The second-order valence-corrected chi connectivity index (χ2v) is 6.43. The average molecular weight is 414 g/mol. The van der Waals surface area contributed by atoms with Crippen LogP contribution in [-0.4, -0.2) is 20.9 Å². The highest BCUT2D eigenvalue weighted by Crippen LogP contribution is 2.16. The minimum absolute atomic E-state index is 0.0446. The highest BCUT2D eigenvalue weighted by molar-refractivity contribution is 9.10. The van der Waals surface area contributed by atoms with Crippen LogP contribution in [0, 0.1) is 6.92 Å². The van der Waals surface area contributed by atoms with Gasteiger partial charge in [0.05, 0.1) is 5.56 Å². The van der Waals surface area contributed by atoms with Gasteiger partial charge in [-0.25, -0.2) is 4.79 Å². The van der Waals surface area contributed by atoms with Gasteiger partial charge in [-0.3, -0.25) is 0 Å². The van der Waals surface area contributed by atoms with E-state index in [0.717, 1.165) is 15.7 Å². The molecule has 0 fully saturated rings. The van der Waals surface area contributed by atoms with Gasteiger partial charge in [-0.15, -0.1) is 0 Å². The second kappa shape index (κ2) is 7.92. The van der Waals surface area contributed by atoms with Gasteiger partial charge in [-0.05, 0) is 37.3 Å². The Morgan fingerprint density at radius 3 is 2.65 bits per heavy atom. The topological polar surface area (TPSA) is 103 Å². The number of anilines is 3. The van der Waals surface area contributed by atoms with Crippen LogP contribution in [0.3, 0.4) is 0 Å². The van der Waals surface area contributed by atoms with E-state index in [1.165, 1.54) is 0 Å². The summed E-state index contributed by atoms with van der Waals surface area (Å²) in [5, 5.41) is 3.05. The van der Waals surface area contributed by atoms with Crippen molar-refractivity contribution in [2.45, 2.75) is 13.5 Å². The van der Waals surface area contributed by atoms with Crippen LogP contribution in [0.15, 0.2) is 53.0 Å². The fourth-order valence-corrected chi connectivity index (χ4v) is 2.55. The zero-order chi connectivity index (χ0) is 18.5. The molecule has 8 heteroatoms. The van der Waals surface area contributed by atoms with Gasteiger partial charge in [0.1, 0.15) is 0 Å². The molecule has 0 spiro atoms. The Morgan fingerprint density at radius 1 is 1.15 bits per heavy atom. The van der Waals surface area contributed by atoms with E-state index in [1.807, 2.05) is 37.3 Å². The van der Waals surface area contributed by atoms with Crippen molar-refractivity contribution in [2.75, 3.05) is 11.1 Å². The predicted molar refractivity (Wildman–Crippen MR) is 102 cm³/mol. The molecule has 132 valence electrons. The number of rotatable bonds is 5. The number of carbonyl (C=O) groups is 1.